The summed E-state index contributed by atoms with van der Waals surface area (Å²) in [6.07, 6.45) is 13.4. The van der Waals surface area contributed by atoms with Crippen molar-refractivity contribution < 1.29 is 42.9 Å². The van der Waals surface area contributed by atoms with Crippen LogP contribution in [-0.4, -0.2) is 80.5 Å². The van der Waals surface area contributed by atoms with E-state index in [0.717, 1.165) is 24.8 Å². The van der Waals surface area contributed by atoms with E-state index in [1.807, 2.05) is 6.07 Å². The Bertz CT molecular complexity index is 1710. The quantitative estimate of drug-likeness (QED) is 0.0529. The van der Waals surface area contributed by atoms with Crippen LogP contribution in [0.5, 0.6) is 0 Å². The molecule has 14 nitrogen and oxygen atoms in total. The van der Waals surface area contributed by atoms with Crippen LogP contribution in [0.25, 0.3) is 5.52 Å². The molecule has 1 aliphatic heterocycles. The minimum atomic E-state index is -4.74. The zero-order valence-electron chi connectivity index (χ0n) is 32.3. The SMILES string of the molecule is CCCCCCCCCCCCCCCCOC[C@H](COP(=O)(O)OC[C@H]1O[C@@](C#N)(c2ccc3c(C)ncnn23)[C@H](O)[C@@H]1O)OCc1ccc(C#N)cc1. The van der Waals surface area contributed by atoms with E-state index in [9.17, 15) is 24.9 Å². The molecule has 1 fully saturated rings. The third-order valence-electron chi connectivity index (χ3n) is 9.99. The van der Waals surface area contributed by atoms with Crippen LogP contribution in [0.3, 0.4) is 0 Å². The average Bonchev–Trinajstić information content (AvgIpc) is 3.74. The van der Waals surface area contributed by atoms with Crippen molar-refractivity contribution >= 4 is 13.3 Å². The van der Waals surface area contributed by atoms with E-state index in [-0.39, 0.29) is 25.5 Å². The second-order valence-corrected chi connectivity index (χ2v) is 15.7. The van der Waals surface area contributed by atoms with Crippen molar-refractivity contribution in [2.45, 2.75) is 140 Å². The number of hydrogen-bond acceptors (Lipinski definition) is 12. The molecule has 55 heavy (non-hydrogen) atoms. The van der Waals surface area contributed by atoms with Gasteiger partial charge >= 0.3 is 7.82 Å². The van der Waals surface area contributed by atoms with Gasteiger partial charge in [0.2, 0.25) is 5.60 Å². The Morgan fingerprint density at radius 1 is 0.909 bits per heavy atom. The molecule has 0 saturated carbocycles. The van der Waals surface area contributed by atoms with Crippen molar-refractivity contribution in [2.24, 2.45) is 0 Å². The van der Waals surface area contributed by atoms with Gasteiger partial charge in [0.15, 0.2) is 0 Å². The molecule has 6 atom stereocenters. The fraction of sp³-hybridized carbons (Fsp3) is 0.650. The first kappa shape index (κ1) is 44.4. The summed E-state index contributed by atoms with van der Waals surface area (Å²) in [4.78, 5) is 14.7. The maximum atomic E-state index is 13.0. The number of rotatable bonds is 27. The standard InChI is InChI=1S/C40H58N5O9P/c1-3-4-5-6-7-8-9-10-11-12-13-14-15-16-23-50-26-34(51-25-33-19-17-32(24-41)18-20-33)27-52-55(48,49)53-28-36-38(46)39(47)40(29-42,54-36)37-22-21-35-31(2)43-30-44-45(35)37/h17-22,30,34,36,38-39,46-47H,3-16,23,25-28H2,1-2H3,(H,48,49)/t34-,36-,38-,39-,40+/m1/s1. The number of phosphoric acid groups is 1. The average molecular weight is 784 g/mol. The molecule has 1 saturated heterocycles. The van der Waals surface area contributed by atoms with Gasteiger partial charge in [0.1, 0.15) is 36.8 Å². The first-order valence-electron chi connectivity index (χ1n) is 19.7. The largest absolute Gasteiger partial charge is 0.472 e. The smallest absolute Gasteiger partial charge is 0.387 e. The van der Waals surface area contributed by atoms with Gasteiger partial charge in [0.25, 0.3) is 0 Å². The van der Waals surface area contributed by atoms with Crippen molar-refractivity contribution in [2.75, 3.05) is 26.4 Å². The molecule has 0 bridgehead atoms. The van der Waals surface area contributed by atoms with Gasteiger partial charge < -0.3 is 29.3 Å². The summed E-state index contributed by atoms with van der Waals surface area (Å²) in [6.45, 7) is 3.74. The van der Waals surface area contributed by atoms with Gasteiger partial charge in [-0.15, -0.1) is 0 Å². The molecule has 1 aliphatic rings. The number of aliphatic hydroxyl groups is 2. The molecule has 0 amide bonds. The number of aromatic nitrogens is 3. The number of fused-ring (bicyclic) bond motifs is 1. The lowest BCUT2D eigenvalue weighted by molar-refractivity contribution is -0.0690. The highest BCUT2D eigenvalue weighted by atomic mass is 31.2. The van der Waals surface area contributed by atoms with Crippen LogP contribution in [-0.2, 0) is 40.0 Å². The van der Waals surface area contributed by atoms with Gasteiger partial charge in [-0.25, -0.2) is 14.1 Å². The molecular formula is C40H58N5O9P. The first-order chi connectivity index (χ1) is 26.6. The van der Waals surface area contributed by atoms with Gasteiger partial charge in [-0.3, -0.25) is 9.05 Å². The first-order valence-corrected chi connectivity index (χ1v) is 21.2. The lowest BCUT2D eigenvalue weighted by Gasteiger charge is -2.24. The monoisotopic (exact) mass is 783 g/mol. The second-order valence-electron chi connectivity index (χ2n) is 14.3. The fourth-order valence-electron chi connectivity index (χ4n) is 6.68. The van der Waals surface area contributed by atoms with E-state index < -0.39 is 44.4 Å². The van der Waals surface area contributed by atoms with E-state index in [4.69, 9.17) is 28.5 Å². The summed E-state index contributed by atoms with van der Waals surface area (Å²) in [7, 11) is -4.74. The molecule has 302 valence electrons. The van der Waals surface area contributed by atoms with Crippen molar-refractivity contribution in [3.05, 3.63) is 65.2 Å². The Morgan fingerprint density at radius 3 is 2.16 bits per heavy atom. The van der Waals surface area contributed by atoms with Crippen LogP contribution in [0, 0.1) is 29.6 Å². The van der Waals surface area contributed by atoms with E-state index in [0.29, 0.717) is 23.4 Å². The van der Waals surface area contributed by atoms with Crippen molar-refractivity contribution in [3.63, 3.8) is 0 Å². The Hall–Kier alpha value is -3.27. The number of ether oxygens (including phenoxy) is 3. The van der Waals surface area contributed by atoms with Gasteiger partial charge in [-0.1, -0.05) is 103 Å². The summed E-state index contributed by atoms with van der Waals surface area (Å²) in [5.41, 5.74) is 0.619. The van der Waals surface area contributed by atoms with Crippen molar-refractivity contribution in [1.29, 1.82) is 10.5 Å². The third-order valence-corrected chi connectivity index (χ3v) is 10.9. The lowest BCUT2D eigenvalue weighted by atomic mass is 9.92. The van der Waals surface area contributed by atoms with Gasteiger partial charge in [0, 0.05) is 6.61 Å². The van der Waals surface area contributed by atoms with Gasteiger partial charge in [0.05, 0.1) is 55.0 Å². The van der Waals surface area contributed by atoms with Crippen LogP contribution in [0.15, 0.2) is 42.7 Å². The van der Waals surface area contributed by atoms with Crippen LogP contribution in [0.4, 0.5) is 0 Å². The number of phosphoric ester groups is 1. The molecule has 1 unspecified atom stereocenters. The molecule has 3 N–H and O–H groups in total. The van der Waals surface area contributed by atoms with E-state index in [1.165, 1.54) is 81.5 Å². The summed E-state index contributed by atoms with van der Waals surface area (Å²) in [5, 5.41) is 45.2. The topological polar surface area (TPSA) is 202 Å². The van der Waals surface area contributed by atoms with Crippen LogP contribution in [0.2, 0.25) is 0 Å². The summed E-state index contributed by atoms with van der Waals surface area (Å²) >= 11 is 0. The molecule has 3 heterocycles. The molecule has 0 aliphatic carbocycles. The number of aryl methyl sites for hydroxylation is 1. The highest BCUT2D eigenvalue weighted by Gasteiger charge is 2.58. The number of benzene rings is 1. The molecule has 0 radical (unpaired) electrons. The number of aliphatic hydroxyl groups excluding tert-OH is 2. The molecule has 3 aromatic rings. The Labute approximate surface area is 325 Å². The lowest BCUT2D eigenvalue weighted by Crippen LogP contribution is -2.41. The third kappa shape index (κ3) is 13.4. The minimum absolute atomic E-state index is 0.102. The molecular weight excluding hydrogens is 725 g/mol. The van der Waals surface area contributed by atoms with Crippen molar-refractivity contribution in [1.82, 2.24) is 14.6 Å². The zero-order valence-corrected chi connectivity index (χ0v) is 33.2. The van der Waals surface area contributed by atoms with Crippen molar-refractivity contribution in [3.8, 4) is 12.1 Å². The van der Waals surface area contributed by atoms with Crippen LogP contribution >= 0.6 is 7.82 Å². The Kier molecular flexibility index (Phi) is 18.6. The van der Waals surface area contributed by atoms with E-state index >= 15 is 0 Å². The Morgan fingerprint density at radius 2 is 1.55 bits per heavy atom. The molecule has 15 heteroatoms. The number of unbranched alkanes of at least 4 members (excludes halogenated alkanes) is 13. The summed E-state index contributed by atoms with van der Waals surface area (Å²) in [5.74, 6) is 0. The predicted molar refractivity (Wildman–Crippen MR) is 204 cm³/mol. The fourth-order valence-corrected chi connectivity index (χ4v) is 7.45. The van der Waals surface area contributed by atoms with Gasteiger partial charge in [-0.2, -0.15) is 15.6 Å². The molecule has 2 aromatic heterocycles. The minimum Gasteiger partial charge on any atom is -0.387 e. The van der Waals surface area contributed by atoms with E-state index in [2.05, 4.69) is 23.1 Å². The van der Waals surface area contributed by atoms with Crippen LogP contribution < -0.4 is 0 Å². The normalized spacial score (nSPS) is 21.3. The zero-order chi connectivity index (χ0) is 39.5. The number of nitriles is 2. The maximum absolute atomic E-state index is 13.0. The highest BCUT2D eigenvalue weighted by Crippen LogP contribution is 2.46. The maximum Gasteiger partial charge on any atom is 0.472 e. The van der Waals surface area contributed by atoms with E-state index in [1.54, 1.807) is 43.3 Å². The second kappa shape index (κ2) is 23.1. The number of hydrogen-bond donors (Lipinski definition) is 3. The Balaban J connectivity index is 1.21. The summed E-state index contributed by atoms with van der Waals surface area (Å²) in [6, 6.07) is 14.1. The van der Waals surface area contributed by atoms with Crippen LogP contribution in [0.1, 0.15) is 119 Å². The molecule has 1 aromatic carbocycles. The van der Waals surface area contributed by atoms with Gasteiger partial charge in [-0.05, 0) is 43.2 Å². The molecule has 0 spiro atoms. The number of nitrogens with zero attached hydrogens (tertiary/aromatic N) is 5. The highest BCUT2D eigenvalue weighted by molar-refractivity contribution is 7.47. The predicted octanol–water partition coefficient (Wildman–Crippen LogP) is 6.97. The molecule has 4 rings (SSSR count). The summed E-state index contributed by atoms with van der Waals surface area (Å²) < 4.78 is 42.6.